The van der Waals surface area contributed by atoms with Crippen LogP contribution in [-0.2, 0) is 4.74 Å². The molecule has 1 saturated carbocycles. The largest absolute Gasteiger partial charge is 0.444 e. The maximum absolute atomic E-state index is 14.0. The monoisotopic (exact) mass is 450 g/mol. The van der Waals surface area contributed by atoms with Crippen LogP contribution in [0, 0.1) is 5.82 Å². The molecule has 1 aliphatic heterocycles. The fourth-order valence-electron chi connectivity index (χ4n) is 4.72. The van der Waals surface area contributed by atoms with E-state index in [4.69, 9.17) is 9.72 Å². The van der Waals surface area contributed by atoms with Gasteiger partial charge in [0.1, 0.15) is 17.2 Å². The maximum Gasteiger partial charge on any atom is 0.410 e. The number of anilines is 1. The Morgan fingerprint density at radius 3 is 2.64 bits per heavy atom. The summed E-state index contributed by atoms with van der Waals surface area (Å²) in [5.74, 6) is 1.22. The van der Waals surface area contributed by atoms with Crippen LogP contribution in [0.2, 0.25) is 0 Å². The van der Waals surface area contributed by atoms with E-state index in [0.717, 1.165) is 22.4 Å². The second-order valence-corrected chi connectivity index (χ2v) is 10.2. The molecule has 1 amide bonds. The molecule has 0 bridgehead atoms. The molecule has 5 rings (SSSR count). The Kier molecular flexibility index (Phi) is 5.30. The SMILES string of the molecule is C[C@H]1CN(C(=O)OC(C)(C)C)CCN1c1nccc2c1c(C1CC1)cn2-c1cccc(F)c1. The number of rotatable bonds is 3. The van der Waals surface area contributed by atoms with Crippen LogP contribution in [0.4, 0.5) is 15.0 Å². The molecule has 1 atom stereocenters. The third kappa shape index (κ3) is 4.28. The fraction of sp³-hybridized carbons (Fsp3) is 0.462. The van der Waals surface area contributed by atoms with Gasteiger partial charge in [0.15, 0.2) is 0 Å². The summed E-state index contributed by atoms with van der Waals surface area (Å²) >= 11 is 0. The minimum Gasteiger partial charge on any atom is -0.444 e. The van der Waals surface area contributed by atoms with Crippen molar-refractivity contribution in [3.8, 4) is 5.69 Å². The van der Waals surface area contributed by atoms with Gasteiger partial charge >= 0.3 is 6.09 Å². The molecule has 1 saturated heterocycles. The van der Waals surface area contributed by atoms with Crippen LogP contribution >= 0.6 is 0 Å². The Hall–Kier alpha value is -3.09. The predicted molar refractivity (Wildman–Crippen MR) is 128 cm³/mol. The number of ether oxygens (including phenoxy) is 1. The van der Waals surface area contributed by atoms with Gasteiger partial charge in [0.2, 0.25) is 0 Å². The summed E-state index contributed by atoms with van der Waals surface area (Å²) in [6.45, 7) is 9.63. The predicted octanol–water partition coefficient (Wildman–Crippen LogP) is 5.49. The van der Waals surface area contributed by atoms with Gasteiger partial charge in [-0.05, 0) is 76.3 Å². The fourth-order valence-corrected chi connectivity index (χ4v) is 4.72. The zero-order valence-corrected chi connectivity index (χ0v) is 19.7. The van der Waals surface area contributed by atoms with Crippen LogP contribution in [0.3, 0.4) is 0 Å². The highest BCUT2D eigenvalue weighted by Gasteiger charge is 2.34. The second-order valence-electron chi connectivity index (χ2n) is 10.2. The third-order valence-corrected chi connectivity index (χ3v) is 6.38. The molecule has 1 aromatic carbocycles. The Morgan fingerprint density at radius 2 is 1.97 bits per heavy atom. The summed E-state index contributed by atoms with van der Waals surface area (Å²) in [7, 11) is 0. The summed E-state index contributed by atoms with van der Waals surface area (Å²) in [6.07, 6.45) is 6.05. The van der Waals surface area contributed by atoms with E-state index >= 15 is 0 Å². The number of halogens is 1. The number of carbonyl (C=O) groups is 1. The molecule has 7 heteroatoms. The standard InChI is InChI=1S/C26H31FN4O2/c1-17-15-29(25(32)33-26(2,3)4)12-13-30(17)24-23-21(18-8-9-18)16-31(22(23)10-11-28-24)20-7-5-6-19(27)14-20/h5-7,10-11,14,16-18H,8-9,12-13,15H2,1-4H3/t17-/m0/s1. The molecule has 174 valence electrons. The van der Waals surface area contributed by atoms with Crippen molar-refractivity contribution in [1.82, 2.24) is 14.5 Å². The van der Waals surface area contributed by atoms with Crippen LogP contribution in [-0.4, -0.2) is 51.8 Å². The molecule has 2 fully saturated rings. The normalized spacial score (nSPS) is 19.2. The number of piperazine rings is 1. The van der Waals surface area contributed by atoms with Gasteiger partial charge < -0.3 is 19.1 Å². The average Bonchev–Trinajstić information content (AvgIpc) is 3.52. The number of aromatic nitrogens is 2. The van der Waals surface area contributed by atoms with Gasteiger partial charge in [-0.2, -0.15) is 0 Å². The highest BCUT2D eigenvalue weighted by molar-refractivity contribution is 5.96. The minimum absolute atomic E-state index is 0.0916. The van der Waals surface area contributed by atoms with Crippen LogP contribution in [0.15, 0.2) is 42.7 Å². The van der Waals surface area contributed by atoms with Crippen molar-refractivity contribution >= 4 is 22.8 Å². The Morgan fingerprint density at radius 1 is 1.18 bits per heavy atom. The molecule has 6 nitrogen and oxygen atoms in total. The van der Waals surface area contributed by atoms with Crippen molar-refractivity contribution < 1.29 is 13.9 Å². The molecule has 0 N–H and O–H groups in total. The first kappa shape index (κ1) is 21.7. The molecular formula is C26H31FN4O2. The van der Waals surface area contributed by atoms with Crippen molar-refractivity contribution in [3.05, 3.63) is 54.1 Å². The van der Waals surface area contributed by atoms with E-state index in [-0.39, 0.29) is 18.0 Å². The number of hydrogen-bond donors (Lipinski definition) is 0. The van der Waals surface area contributed by atoms with Gasteiger partial charge in [-0.15, -0.1) is 0 Å². The second kappa shape index (κ2) is 8.04. The van der Waals surface area contributed by atoms with Crippen molar-refractivity contribution in [1.29, 1.82) is 0 Å². The smallest absolute Gasteiger partial charge is 0.410 e. The Balaban J connectivity index is 1.50. The lowest BCUT2D eigenvalue weighted by atomic mass is 10.1. The Bertz CT molecular complexity index is 1190. The van der Waals surface area contributed by atoms with Gasteiger partial charge in [-0.3, -0.25) is 0 Å². The highest BCUT2D eigenvalue weighted by atomic mass is 19.1. The van der Waals surface area contributed by atoms with Crippen LogP contribution in [0.1, 0.15) is 52.0 Å². The number of fused-ring (bicyclic) bond motifs is 1. The van der Waals surface area contributed by atoms with Crippen LogP contribution in [0.25, 0.3) is 16.6 Å². The van der Waals surface area contributed by atoms with E-state index in [1.54, 1.807) is 17.0 Å². The molecule has 0 spiro atoms. The first-order chi connectivity index (χ1) is 15.7. The van der Waals surface area contributed by atoms with Gasteiger partial charge in [0, 0.05) is 49.1 Å². The summed E-state index contributed by atoms with van der Waals surface area (Å²) in [6, 6.07) is 8.81. The van der Waals surface area contributed by atoms with Gasteiger partial charge in [-0.25, -0.2) is 14.2 Å². The van der Waals surface area contributed by atoms with Crippen molar-refractivity contribution in [3.63, 3.8) is 0 Å². The zero-order chi connectivity index (χ0) is 23.3. The number of pyridine rings is 1. The molecule has 3 heterocycles. The number of hydrogen-bond acceptors (Lipinski definition) is 4. The van der Waals surface area contributed by atoms with Crippen LogP contribution in [0.5, 0.6) is 0 Å². The molecule has 2 aromatic heterocycles. The van der Waals surface area contributed by atoms with Crippen molar-refractivity contribution in [2.45, 2.75) is 58.1 Å². The lowest BCUT2D eigenvalue weighted by molar-refractivity contribution is 0.0218. The van der Waals surface area contributed by atoms with Crippen molar-refractivity contribution in [2.75, 3.05) is 24.5 Å². The molecule has 0 radical (unpaired) electrons. The van der Waals surface area contributed by atoms with Crippen molar-refractivity contribution in [2.24, 2.45) is 0 Å². The first-order valence-electron chi connectivity index (χ1n) is 11.7. The summed E-state index contributed by atoms with van der Waals surface area (Å²) in [5, 5.41) is 1.14. The quantitative estimate of drug-likeness (QED) is 0.530. The zero-order valence-electron chi connectivity index (χ0n) is 19.7. The van der Waals surface area contributed by atoms with E-state index in [1.807, 2.05) is 39.1 Å². The van der Waals surface area contributed by atoms with Crippen LogP contribution < -0.4 is 4.90 Å². The average molecular weight is 451 g/mol. The highest BCUT2D eigenvalue weighted by Crippen LogP contribution is 2.46. The third-order valence-electron chi connectivity index (χ3n) is 6.38. The molecule has 1 aliphatic carbocycles. The van der Waals surface area contributed by atoms with E-state index in [0.29, 0.717) is 25.6 Å². The number of benzene rings is 1. The molecule has 3 aromatic rings. The van der Waals surface area contributed by atoms with E-state index in [2.05, 4.69) is 22.6 Å². The lowest BCUT2D eigenvalue weighted by Crippen LogP contribution is -2.54. The molecular weight excluding hydrogens is 419 g/mol. The number of amides is 1. The van der Waals surface area contributed by atoms with Gasteiger partial charge in [-0.1, -0.05) is 6.07 Å². The molecule has 33 heavy (non-hydrogen) atoms. The van der Waals surface area contributed by atoms with Gasteiger partial charge in [0.25, 0.3) is 0 Å². The summed E-state index contributed by atoms with van der Waals surface area (Å²) in [5.41, 5.74) is 2.61. The lowest BCUT2D eigenvalue weighted by Gasteiger charge is -2.41. The minimum atomic E-state index is -0.510. The maximum atomic E-state index is 14.0. The topological polar surface area (TPSA) is 50.6 Å². The number of nitrogens with zero attached hydrogens (tertiary/aromatic N) is 4. The molecule has 0 unspecified atom stereocenters. The van der Waals surface area contributed by atoms with E-state index < -0.39 is 5.60 Å². The Labute approximate surface area is 194 Å². The van der Waals surface area contributed by atoms with Gasteiger partial charge in [0.05, 0.1) is 5.52 Å². The van der Waals surface area contributed by atoms with E-state index in [1.165, 1.54) is 24.5 Å². The summed E-state index contributed by atoms with van der Waals surface area (Å²) in [4.78, 5) is 21.5. The van der Waals surface area contributed by atoms with E-state index in [9.17, 15) is 9.18 Å². The number of carbonyl (C=O) groups excluding carboxylic acids is 1. The summed E-state index contributed by atoms with van der Waals surface area (Å²) < 4.78 is 21.6. The first-order valence-corrected chi connectivity index (χ1v) is 11.7. The molecule has 2 aliphatic rings.